The molecule has 2 aliphatic rings. The molecule has 1 aromatic carbocycles. The highest BCUT2D eigenvalue weighted by Crippen LogP contribution is 2.47. The minimum absolute atomic E-state index is 0.0391. The zero-order valence-corrected chi connectivity index (χ0v) is 10.4. The Balaban J connectivity index is 1.84. The zero-order valence-electron chi connectivity index (χ0n) is 9.67. The number of nitro groups is 1. The SMILES string of the molecule is O=[N+]([O-])c1ccc(Cl)cc1N1CC(O)(C2CC2)C1. The monoisotopic (exact) mass is 268 g/mol. The topological polar surface area (TPSA) is 66.6 Å². The Morgan fingerprint density at radius 1 is 1.44 bits per heavy atom. The molecule has 0 spiro atoms. The predicted molar refractivity (Wildman–Crippen MR) is 68.0 cm³/mol. The average molecular weight is 269 g/mol. The van der Waals surface area contributed by atoms with E-state index >= 15 is 0 Å². The van der Waals surface area contributed by atoms with E-state index in [1.807, 2.05) is 4.90 Å². The third kappa shape index (κ3) is 1.83. The van der Waals surface area contributed by atoms with Crippen LogP contribution in [0.15, 0.2) is 18.2 Å². The lowest BCUT2D eigenvalue weighted by atomic mass is 9.88. The summed E-state index contributed by atoms with van der Waals surface area (Å²) in [5.41, 5.74) is -0.119. The van der Waals surface area contributed by atoms with Gasteiger partial charge in [0.25, 0.3) is 5.69 Å². The highest BCUT2D eigenvalue weighted by molar-refractivity contribution is 6.31. The Hall–Kier alpha value is -1.33. The number of anilines is 1. The van der Waals surface area contributed by atoms with Gasteiger partial charge >= 0.3 is 0 Å². The van der Waals surface area contributed by atoms with Gasteiger partial charge in [-0.2, -0.15) is 0 Å². The number of nitrogens with zero attached hydrogens (tertiary/aromatic N) is 2. The molecule has 1 aliphatic heterocycles. The fourth-order valence-corrected chi connectivity index (χ4v) is 2.73. The number of nitro benzene ring substituents is 1. The van der Waals surface area contributed by atoms with Crippen LogP contribution in [-0.2, 0) is 0 Å². The van der Waals surface area contributed by atoms with Crippen molar-refractivity contribution in [3.8, 4) is 0 Å². The van der Waals surface area contributed by atoms with Gasteiger partial charge in [0.05, 0.1) is 4.92 Å². The molecule has 1 saturated heterocycles. The van der Waals surface area contributed by atoms with Crippen LogP contribution >= 0.6 is 11.6 Å². The van der Waals surface area contributed by atoms with E-state index in [9.17, 15) is 15.2 Å². The quantitative estimate of drug-likeness (QED) is 0.674. The maximum atomic E-state index is 11.0. The molecule has 96 valence electrons. The average Bonchev–Trinajstić information content (AvgIpc) is 3.08. The third-order valence-corrected chi connectivity index (χ3v) is 3.98. The van der Waals surface area contributed by atoms with Crippen LogP contribution in [0.5, 0.6) is 0 Å². The minimum atomic E-state index is -0.657. The Labute approximate surface area is 109 Å². The van der Waals surface area contributed by atoms with Crippen LogP contribution < -0.4 is 4.90 Å². The molecule has 1 heterocycles. The molecule has 1 aliphatic carbocycles. The number of halogens is 1. The normalized spacial score (nSPS) is 21.6. The molecule has 2 fully saturated rings. The van der Waals surface area contributed by atoms with Gasteiger partial charge in [-0.25, -0.2) is 0 Å². The van der Waals surface area contributed by atoms with Crippen LogP contribution in [0.1, 0.15) is 12.8 Å². The first kappa shape index (κ1) is 11.7. The van der Waals surface area contributed by atoms with Crippen molar-refractivity contribution < 1.29 is 10.0 Å². The van der Waals surface area contributed by atoms with E-state index in [0.717, 1.165) is 12.8 Å². The number of hydrogen-bond acceptors (Lipinski definition) is 4. The van der Waals surface area contributed by atoms with E-state index in [0.29, 0.717) is 29.7 Å². The molecular weight excluding hydrogens is 256 g/mol. The Morgan fingerprint density at radius 2 is 2.11 bits per heavy atom. The molecule has 0 radical (unpaired) electrons. The zero-order chi connectivity index (χ0) is 12.9. The molecule has 0 aromatic heterocycles. The second-order valence-electron chi connectivity index (χ2n) is 5.12. The van der Waals surface area contributed by atoms with E-state index in [-0.39, 0.29) is 5.69 Å². The maximum absolute atomic E-state index is 11.0. The van der Waals surface area contributed by atoms with Crippen molar-refractivity contribution in [2.75, 3.05) is 18.0 Å². The first-order valence-electron chi connectivity index (χ1n) is 5.91. The lowest BCUT2D eigenvalue weighted by Gasteiger charge is -2.48. The lowest BCUT2D eigenvalue weighted by molar-refractivity contribution is -0.384. The summed E-state index contributed by atoms with van der Waals surface area (Å²) in [6.45, 7) is 0.914. The number of aliphatic hydroxyl groups is 1. The van der Waals surface area contributed by atoms with Gasteiger partial charge in [0, 0.05) is 24.2 Å². The molecule has 5 nitrogen and oxygen atoms in total. The summed E-state index contributed by atoms with van der Waals surface area (Å²) in [6.07, 6.45) is 2.12. The van der Waals surface area contributed by atoms with Crippen molar-refractivity contribution >= 4 is 23.0 Å². The van der Waals surface area contributed by atoms with E-state index in [1.165, 1.54) is 12.1 Å². The molecule has 1 saturated carbocycles. The van der Waals surface area contributed by atoms with Crippen LogP contribution in [0.25, 0.3) is 0 Å². The molecule has 0 amide bonds. The summed E-state index contributed by atoms with van der Waals surface area (Å²) in [7, 11) is 0. The van der Waals surface area contributed by atoms with Crippen molar-refractivity contribution in [2.24, 2.45) is 5.92 Å². The smallest absolute Gasteiger partial charge is 0.292 e. The van der Waals surface area contributed by atoms with Crippen molar-refractivity contribution in [1.29, 1.82) is 0 Å². The summed E-state index contributed by atoms with van der Waals surface area (Å²) >= 11 is 5.88. The second kappa shape index (κ2) is 3.83. The lowest BCUT2D eigenvalue weighted by Crippen LogP contribution is -2.63. The van der Waals surface area contributed by atoms with E-state index < -0.39 is 10.5 Å². The molecule has 0 bridgehead atoms. The van der Waals surface area contributed by atoms with E-state index in [1.54, 1.807) is 6.07 Å². The third-order valence-electron chi connectivity index (χ3n) is 3.74. The van der Waals surface area contributed by atoms with Crippen LogP contribution in [-0.4, -0.2) is 28.7 Å². The summed E-state index contributed by atoms with van der Waals surface area (Å²) in [5, 5.41) is 21.7. The Bertz CT molecular complexity index is 510. The van der Waals surface area contributed by atoms with Gasteiger partial charge in [0.1, 0.15) is 11.3 Å². The fourth-order valence-electron chi connectivity index (χ4n) is 2.57. The largest absolute Gasteiger partial charge is 0.386 e. The van der Waals surface area contributed by atoms with Crippen LogP contribution in [0.4, 0.5) is 11.4 Å². The summed E-state index contributed by atoms with van der Waals surface area (Å²) < 4.78 is 0. The fraction of sp³-hybridized carbons (Fsp3) is 0.500. The van der Waals surface area contributed by atoms with Gasteiger partial charge in [-0.3, -0.25) is 10.1 Å². The van der Waals surface area contributed by atoms with Crippen molar-refractivity contribution in [2.45, 2.75) is 18.4 Å². The molecule has 6 heteroatoms. The number of hydrogen-bond donors (Lipinski definition) is 1. The van der Waals surface area contributed by atoms with Crippen molar-refractivity contribution in [3.63, 3.8) is 0 Å². The van der Waals surface area contributed by atoms with E-state index in [2.05, 4.69) is 0 Å². The predicted octanol–water partition coefficient (Wildman–Crippen LogP) is 2.21. The minimum Gasteiger partial charge on any atom is -0.386 e. The first-order chi connectivity index (χ1) is 8.49. The molecule has 0 atom stereocenters. The summed E-state index contributed by atoms with van der Waals surface area (Å²) in [5.74, 6) is 0.368. The highest BCUT2D eigenvalue weighted by atomic mass is 35.5. The molecular formula is C12H13ClN2O3. The molecule has 0 unspecified atom stereocenters. The standard InChI is InChI=1S/C12H13ClN2O3/c13-9-3-4-10(15(17)18)11(5-9)14-6-12(16,7-14)8-1-2-8/h3-5,8,16H,1-2,6-7H2. The van der Waals surface area contributed by atoms with Gasteiger partial charge in [-0.1, -0.05) is 11.6 Å². The molecule has 3 rings (SSSR count). The summed E-state index contributed by atoms with van der Waals surface area (Å²) in [6, 6.07) is 4.51. The summed E-state index contributed by atoms with van der Waals surface area (Å²) in [4.78, 5) is 12.4. The number of β-amino-alcohol motifs (C(OH)–C–C–N with tert-alkyl or cyclic N) is 1. The molecule has 1 N–H and O–H groups in total. The molecule has 18 heavy (non-hydrogen) atoms. The van der Waals surface area contributed by atoms with Crippen LogP contribution in [0.3, 0.4) is 0 Å². The van der Waals surface area contributed by atoms with Gasteiger partial charge in [0.2, 0.25) is 0 Å². The van der Waals surface area contributed by atoms with Gasteiger partial charge in [-0.05, 0) is 30.9 Å². The van der Waals surface area contributed by atoms with Crippen LogP contribution in [0, 0.1) is 16.0 Å². The van der Waals surface area contributed by atoms with Crippen LogP contribution in [0.2, 0.25) is 5.02 Å². The van der Waals surface area contributed by atoms with Gasteiger partial charge in [0.15, 0.2) is 0 Å². The number of rotatable bonds is 3. The van der Waals surface area contributed by atoms with Gasteiger partial charge in [-0.15, -0.1) is 0 Å². The first-order valence-corrected chi connectivity index (χ1v) is 6.29. The number of benzene rings is 1. The highest BCUT2D eigenvalue weighted by Gasteiger charge is 2.52. The van der Waals surface area contributed by atoms with E-state index in [4.69, 9.17) is 11.6 Å². The Morgan fingerprint density at radius 3 is 2.67 bits per heavy atom. The Kier molecular flexibility index (Phi) is 2.50. The molecule has 1 aromatic rings. The van der Waals surface area contributed by atoms with Gasteiger partial charge < -0.3 is 10.0 Å². The second-order valence-corrected chi connectivity index (χ2v) is 5.56. The maximum Gasteiger partial charge on any atom is 0.292 e. The van der Waals surface area contributed by atoms with Crippen molar-refractivity contribution in [1.82, 2.24) is 0 Å². The van der Waals surface area contributed by atoms with Crippen molar-refractivity contribution in [3.05, 3.63) is 33.3 Å².